The molecule has 1 amide bonds. The van der Waals surface area contributed by atoms with Crippen molar-refractivity contribution >= 4 is 11.6 Å². The Morgan fingerprint density at radius 3 is 2.41 bits per heavy atom. The lowest BCUT2D eigenvalue weighted by Gasteiger charge is -2.44. The fraction of sp³-hybridized carbons (Fsp3) is 0.611. The van der Waals surface area contributed by atoms with Crippen molar-refractivity contribution in [2.75, 3.05) is 37.6 Å². The van der Waals surface area contributed by atoms with E-state index in [4.69, 9.17) is 0 Å². The Morgan fingerprint density at radius 1 is 1.18 bits per heavy atom. The fourth-order valence-corrected chi connectivity index (χ4v) is 3.11. The van der Waals surface area contributed by atoms with Gasteiger partial charge in [0.25, 0.3) is 0 Å². The summed E-state index contributed by atoms with van der Waals surface area (Å²) in [5.74, 6) is 0.121. The minimum Gasteiger partial charge on any atom is -0.369 e. The summed E-state index contributed by atoms with van der Waals surface area (Å²) >= 11 is 0. The minimum absolute atomic E-state index is 0.121. The molecule has 1 fully saturated rings. The van der Waals surface area contributed by atoms with E-state index in [-0.39, 0.29) is 5.91 Å². The highest BCUT2D eigenvalue weighted by molar-refractivity contribution is 5.85. The third kappa shape index (κ3) is 3.27. The van der Waals surface area contributed by atoms with E-state index >= 15 is 0 Å². The summed E-state index contributed by atoms with van der Waals surface area (Å²) < 4.78 is 0. The van der Waals surface area contributed by atoms with Crippen LogP contribution >= 0.6 is 0 Å². The topological polar surface area (TPSA) is 35.6 Å². The fourth-order valence-electron chi connectivity index (χ4n) is 3.11. The van der Waals surface area contributed by atoms with Gasteiger partial charge in [0, 0.05) is 38.4 Å². The molecule has 4 nitrogen and oxygen atoms in total. The Bertz CT molecular complexity index is 531. The first-order valence-electron chi connectivity index (χ1n) is 8.22. The molecule has 1 N–H and O–H groups in total. The second kappa shape index (κ2) is 6.69. The van der Waals surface area contributed by atoms with Crippen molar-refractivity contribution in [3.05, 3.63) is 29.3 Å². The van der Waals surface area contributed by atoms with Crippen molar-refractivity contribution in [3.63, 3.8) is 0 Å². The van der Waals surface area contributed by atoms with Crippen molar-refractivity contribution in [2.24, 2.45) is 0 Å². The summed E-state index contributed by atoms with van der Waals surface area (Å²) in [7, 11) is 0. The number of nitrogens with one attached hydrogen (secondary N) is 1. The molecular formula is C18H29N3O. The van der Waals surface area contributed by atoms with Gasteiger partial charge in [-0.2, -0.15) is 0 Å². The molecule has 1 aromatic rings. The molecule has 1 saturated heterocycles. The van der Waals surface area contributed by atoms with Crippen molar-refractivity contribution in [2.45, 2.75) is 40.2 Å². The van der Waals surface area contributed by atoms with Gasteiger partial charge in [0.05, 0.1) is 5.54 Å². The molecule has 0 aliphatic carbocycles. The molecule has 0 radical (unpaired) electrons. The van der Waals surface area contributed by atoms with E-state index in [0.29, 0.717) is 6.54 Å². The first kappa shape index (κ1) is 16.8. The van der Waals surface area contributed by atoms with Crippen LogP contribution in [0.5, 0.6) is 0 Å². The Hall–Kier alpha value is -1.55. The standard InChI is InChI=1S/C18H29N3O/c1-6-19-17(22)18(4,5)21-12-10-20(11-13-21)16-9-7-8-14(2)15(16)3/h7-9H,6,10-13H2,1-5H3,(H,19,22). The molecule has 2 rings (SSSR count). The molecule has 0 aromatic heterocycles. The van der Waals surface area contributed by atoms with E-state index in [2.05, 4.69) is 47.2 Å². The third-order valence-electron chi connectivity index (χ3n) is 4.88. The number of nitrogens with zero attached hydrogens (tertiary/aromatic N) is 2. The van der Waals surface area contributed by atoms with Gasteiger partial charge in [0.15, 0.2) is 0 Å². The number of piperazine rings is 1. The molecule has 0 bridgehead atoms. The maximum atomic E-state index is 12.2. The van der Waals surface area contributed by atoms with Crippen LogP contribution in [0.3, 0.4) is 0 Å². The first-order chi connectivity index (χ1) is 10.4. The SMILES string of the molecule is CCNC(=O)C(C)(C)N1CCN(c2cccc(C)c2C)CC1. The zero-order chi connectivity index (χ0) is 16.3. The molecular weight excluding hydrogens is 274 g/mol. The van der Waals surface area contributed by atoms with Gasteiger partial charge in [0.1, 0.15) is 0 Å². The van der Waals surface area contributed by atoms with Crippen molar-refractivity contribution in [1.29, 1.82) is 0 Å². The number of benzene rings is 1. The lowest BCUT2D eigenvalue weighted by atomic mass is 9.99. The number of anilines is 1. The van der Waals surface area contributed by atoms with Gasteiger partial charge in [-0.1, -0.05) is 12.1 Å². The van der Waals surface area contributed by atoms with Crippen LogP contribution in [0.1, 0.15) is 31.9 Å². The zero-order valence-corrected chi connectivity index (χ0v) is 14.6. The van der Waals surface area contributed by atoms with Crippen LogP contribution < -0.4 is 10.2 Å². The summed E-state index contributed by atoms with van der Waals surface area (Å²) in [6.07, 6.45) is 0. The van der Waals surface area contributed by atoms with Crippen LogP contribution in [0.2, 0.25) is 0 Å². The van der Waals surface area contributed by atoms with Crippen LogP contribution in [0, 0.1) is 13.8 Å². The van der Waals surface area contributed by atoms with Crippen LogP contribution in [-0.4, -0.2) is 49.1 Å². The molecule has 122 valence electrons. The van der Waals surface area contributed by atoms with Crippen molar-refractivity contribution in [1.82, 2.24) is 10.2 Å². The summed E-state index contributed by atoms with van der Waals surface area (Å²) in [6.45, 7) is 14.8. The average Bonchev–Trinajstić information content (AvgIpc) is 2.50. The molecule has 0 saturated carbocycles. The normalized spacial score (nSPS) is 16.7. The molecule has 1 aromatic carbocycles. The summed E-state index contributed by atoms with van der Waals surface area (Å²) in [6, 6.07) is 6.49. The number of carbonyl (C=O) groups is 1. The predicted molar refractivity (Wildman–Crippen MR) is 92.5 cm³/mol. The third-order valence-corrected chi connectivity index (χ3v) is 4.88. The zero-order valence-electron chi connectivity index (χ0n) is 14.6. The number of hydrogen-bond acceptors (Lipinski definition) is 3. The molecule has 1 heterocycles. The Kier molecular flexibility index (Phi) is 5.12. The highest BCUT2D eigenvalue weighted by Gasteiger charge is 2.36. The highest BCUT2D eigenvalue weighted by Crippen LogP contribution is 2.25. The van der Waals surface area contributed by atoms with Gasteiger partial charge >= 0.3 is 0 Å². The second-order valence-corrected chi connectivity index (χ2v) is 6.61. The van der Waals surface area contributed by atoms with E-state index < -0.39 is 5.54 Å². The lowest BCUT2D eigenvalue weighted by molar-refractivity contribution is -0.131. The number of rotatable bonds is 4. The predicted octanol–water partition coefficient (Wildman–Crippen LogP) is 2.34. The number of aryl methyl sites for hydroxylation is 1. The maximum absolute atomic E-state index is 12.2. The highest BCUT2D eigenvalue weighted by atomic mass is 16.2. The molecule has 4 heteroatoms. The van der Waals surface area contributed by atoms with Crippen LogP contribution in [-0.2, 0) is 4.79 Å². The first-order valence-corrected chi connectivity index (χ1v) is 8.22. The van der Waals surface area contributed by atoms with E-state index in [1.165, 1.54) is 16.8 Å². The van der Waals surface area contributed by atoms with Crippen LogP contribution in [0.25, 0.3) is 0 Å². The molecule has 0 unspecified atom stereocenters. The second-order valence-electron chi connectivity index (χ2n) is 6.61. The van der Waals surface area contributed by atoms with Crippen molar-refractivity contribution < 1.29 is 4.79 Å². The molecule has 1 aliphatic rings. The van der Waals surface area contributed by atoms with E-state index in [9.17, 15) is 4.79 Å². The minimum atomic E-state index is -0.441. The van der Waals surface area contributed by atoms with Crippen LogP contribution in [0.15, 0.2) is 18.2 Å². The van der Waals surface area contributed by atoms with E-state index in [0.717, 1.165) is 26.2 Å². The van der Waals surface area contributed by atoms with Crippen molar-refractivity contribution in [3.8, 4) is 0 Å². The van der Waals surface area contributed by atoms with Gasteiger partial charge in [-0.05, 0) is 51.8 Å². The largest absolute Gasteiger partial charge is 0.369 e. The molecule has 1 aliphatic heterocycles. The summed E-state index contributed by atoms with van der Waals surface area (Å²) in [5.41, 5.74) is 3.58. The Balaban J connectivity index is 2.04. The van der Waals surface area contributed by atoms with Gasteiger partial charge in [-0.25, -0.2) is 0 Å². The van der Waals surface area contributed by atoms with Gasteiger partial charge in [0.2, 0.25) is 5.91 Å². The molecule has 0 atom stereocenters. The van der Waals surface area contributed by atoms with E-state index in [1.807, 2.05) is 20.8 Å². The summed E-state index contributed by atoms with van der Waals surface area (Å²) in [4.78, 5) is 17.0. The lowest BCUT2D eigenvalue weighted by Crippen LogP contribution is -2.60. The smallest absolute Gasteiger partial charge is 0.239 e. The quantitative estimate of drug-likeness (QED) is 0.927. The number of hydrogen-bond donors (Lipinski definition) is 1. The molecule has 22 heavy (non-hydrogen) atoms. The maximum Gasteiger partial charge on any atom is 0.239 e. The number of carbonyl (C=O) groups excluding carboxylic acids is 1. The van der Waals surface area contributed by atoms with Crippen LogP contribution in [0.4, 0.5) is 5.69 Å². The number of amides is 1. The molecule has 0 spiro atoms. The monoisotopic (exact) mass is 303 g/mol. The average molecular weight is 303 g/mol. The summed E-state index contributed by atoms with van der Waals surface area (Å²) in [5, 5.41) is 2.95. The Labute approximate surface area is 134 Å². The van der Waals surface area contributed by atoms with Gasteiger partial charge < -0.3 is 10.2 Å². The number of likely N-dealkylation sites (N-methyl/N-ethyl adjacent to an activating group) is 1. The van der Waals surface area contributed by atoms with Gasteiger partial charge in [-0.3, -0.25) is 9.69 Å². The Morgan fingerprint density at radius 2 is 1.82 bits per heavy atom. The van der Waals surface area contributed by atoms with Gasteiger partial charge in [-0.15, -0.1) is 0 Å². The van der Waals surface area contributed by atoms with E-state index in [1.54, 1.807) is 0 Å².